The van der Waals surface area contributed by atoms with Gasteiger partial charge in [-0.25, -0.2) is 4.79 Å². The van der Waals surface area contributed by atoms with Crippen LogP contribution in [-0.2, 0) is 25.6 Å². The maximum atomic E-state index is 12.0. The Bertz CT molecular complexity index is 908. The van der Waals surface area contributed by atoms with Crippen molar-refractivity contribution in [2.75, 3.05) is 19.0 Å². The molecule has 140 valence electrons. The van der Waals surface area contributed by atoms with Gasteiger partial charge in [-0.2, -0.15) is 0 Å². The van der Waals surface area contributed by atoms with E-state index in [9.17, 15) is 19.2 Å². The van der Waals surface area contributed by atoms with Crippen LogP contribution < -0.4 is 10.2 Å². The molecule has 0 aliphatic rings. The van der Waals surface area contributed by atoms with Crippen molar-refractivity contribution in [3.63, 3.8) is 0 Å². The molecule has 1 amide bonds. The average Bonchev–Trinajstić information content (AvgIpc) is 3.05. The quantitative estimate of drug-likeness (QED) is 0.745. The van der Waals surface area contributed by atoms with Crippen molar-refractivity contribution in [1.29, 1.82) is 0 Å². The third-order valence-corrected chi connectivity index (χ3v) is 5.66. The minimum absolute atomic E-state index is 0.258. The predicted molar refractivity (Wildman–Crippen MR) is 98.0 cm³/mol. The molecular formula is C16H18N2O6S2. The van der Waals surface area contributed by atoms with Gasteiger partial charge in [0, 0.05) is 16.0 Å². The van der Waals surface area contributed by atoms with Crippen LogP contribution >= 0.6 is 22.7 Å². The number of nitrogens with zero attached hydrogens (tertiary/aromatic N) is 1. The van der Waals surface area contributed by atoms with Gasteiger partial charge in [-0.15, -0.1) is 11.3 Å². The summed E-state index contributed by atoms with van der Waals surface area (Å²) in [5, 5.41) is 4.54. The van der Waals surface area contributed by atoms with Gasteiger partial charge in [0.05, 0.1) is 12.7 Å². The maximum Gasteiger partial charge on any atom is 0.341 e. The first-order valence-electron chi connectivity index (χ1n) is 7.53. The first-order valence-corrected chi connectivity index (χ1v) is 9.23. The van der Waals surface area contributed by atoms with Crippen LogP contribution in [0.2, 0.25) is 0 Å². The number of aryl methyl sites for hydroxylation is 2. The highest BCUT2D eigenvalue weighted by Crippen LogP contribution is 2.32. The molecule has 1 N–H and O–H groups in total. The number of carbonyl (C=O) groups is 3. The van der Waals surface area contributed by atoms with Crippen LogP contribution in [-0.4, -0.2) is 36.1 Å². The van der Waals surface area contributed by atoms with Crippen LogP contribution in [0.3, 0.4) is 0 Å². The molecule has 0 atom stereocenters. The topological polar surface area (TPSA) is 104 Å². The summed E-state index contributed by atoms with van der Waals surface area (Å²) in [6.07, 6.45) is 0. The van der Waals surface area contributed by atoms with Gasteiger partial charge in [-0.3, -0.25) is 19.0 Å². The lowest BCUT2D eigenvalue weighted by Gasteiger charge is -2.08. The highest BCUT2D eigenvalue weighted by molar-refractivity contribution is 7.16. The number of nitrogens with one attached hydrogen (secondary N) is 1. The summed E-state index contributed by atoms with van der Waals surface area (Å²) in [4.78, 5) is 47.9. The summed E-state index contributed by atoms with van der Waals surface area (Å²) in [6, 6.07) is 0. The molecule has 8 nitrogen and oxygen atoms in total. The number of thiophene rings is 1. The Morgan fingerprint density at radius 3 is 2.50 bits per heavy atom. The second-order valence-electron chi connectivity index (χ2n) is 5.42. The summed E-state index contributed by atoms with van der Waals surface area (Å²) in [7, 11) is 1.26. The second-order valence-corrected chi connectivity index (χ2v) is 7.46. The number of aromatic nitrogens is 1. The molecule has 0 aromatic carbocycles. The normalized spacial score (nSPS) is 10.5. The number of hydrogen-bond acceptors (Lipinski definition) is 8. The van der Waals surface area contributed by atoms with Crippen LogP contribution in [0.5, 0.6) is 0 Å². The third kappa shape index (κ3) is 4.38. The van der Waals surface area contributed by atoms with Gasteiger partial charge in [0.1, 0.15) is 11.5 Å². The molecule has 2 aromatic heterocycles. The van der Waals surface area contributed by atoms with Crippen LogP contribution in [0.4, 0.5) is 5.00 Å². The van der Waals surface area contributed by atoms with Crippen molar-refractivity contribution < 1.29 is 23.9 Å². The van der Waals surface area contributed by atoms with Gasteiger partial charge in [0.2, 0.25) is 0 Å². The molecule has 0 unspecified atom stereocenters. The van der Waals surface area contributed by atoms with E-state index in [0.717, 1.165) is 21.8 Å². The zero-order valence-corrected chi connectivity index (χ0v) is 16.3. The number of amides is 1. The summed E-state index contributed by atoms with van der Waals surface area (Å²) in [5.41, 5.74) is 1.66. The molecule has 0 aliphatic carbocycles. The molecule has 0 fully saturated rings. The molecule has 0 bridgehead atoms. The summed E-state index contributed by atoms with van der Waals surface area (Å²) in [5.74, 6) is -1.83. The first kappa shape index (κ1) is 19.9. The van der Waals surface area contributed by atoms with Crippen molar-refractivity contribution in [3.8, 4) is 0 Å². The van der Waals surface area contributed by atoms with Crippen LogP contribution in [0.25, 0.3) is 0 Å². The minimum atomic E-state index is -0.699. The Balaban J connectivity index is 1.97. The zero-order chi connectivity index (χ0) is 19.4. The number of carbonyl (C=O) groups excluding carboxylic acids is 3. The van der Waals surface area contributed by atoms with Gasteiger partial charge in [-0.1, -0.05) is 11.3 Å². The third-order valence-electron chi connectivity index (χ3n) is 3.66. The number of ether oxygens (including phenoxy) is 2. The lowest BCUT2D eigenvalue weighted by molar-refractivity contribution is -0.147. The second kappa shape index (κ2) is 8.28. The smallest absolute Gasteiger partial charge is 0.341 e. The van der Waals surface area contributed by atoms with Crippen molar-refractivity contribution in [3.05, 3.63) is 36.7 Å². The van der Waals surface area contributed by atoms with Gasteiger partial charge in [-0.05, 0) is 26.3 Å². The summed E-state index contributed by atoms with van der Waals surface area (Å²) >= 11 is 2.22. The molecule has 0 saturated carbocycles. The fraction of sp³-hybridized carbons (Fsp3) is 0.375. The molecule has 0 saturated heterocycles. The predicted octanol–water partition coefficient (Wildman–Crippen LogP) is 1.87. The number of thiazole rings is 1. The monoisotopic (exact) mass is 398 g/mol. The highest BCUT2D eigenvalue weighted by atomic mass is 32.1. The molecule has 26 heavy (non-hydrogen) atoms. The molecule has 2 aromatic rings. The van der Waals surface area contributed by atoms with E-state index in [0.29, 0.717) is 10.7 Å². The van der Waals surface area contributed by atoms with Crippen molar-refractivity contribution in [2.24, 2.45) is 0 Å². The summed E-state index contributed by atoms with van der Waals surface area (Å²) < 4.78 is 10.9. The number of hydrogen-bond donors (Lipinski definition) is 1. The lowest BCUT2D eigenvalue weighted by atomic mass is 10.1. The molecular weight excluding hydrogens is 380 g/mol. The van der Waals surface area contributed by atoms with E-state index in [1.165, 1.54) is 23.0 Å². The van der Waals surface area contributed by atoms with Crippen molar-refractivity contribution in [2.45, 2.75) is 27.3 Å². The fourth-order valence-electron chi connectivity index (χ4n) is 2.14. The standard InChI is InChI=1S/C16H18N2O6S2/c1-8-7-25-16(22)18(8)5-12(20)24-6-11(19)17-14-13(15(21)23-4)9(2)10(3)26-14/h7H,5-6H2,1-4H3,(H,17,19). The van der Waals surface area contributed by atoms with E-state index < -0.39 is 24.5 Å². The Labute approximate surface area is 157 Å². The van der Waals surface area contributed by atoms with Gasteiger partial charge < -0.3 is 14.8 Å². The fourth-order valence-corrected chi connectivity index (χ4v) is 3.94. The number of methoxy groups -OCH3 is 1. The summed E-state index contributed by atoms with van der Waals surface area (Å²) in [6.45, 7) is 4.50. The van der Waals surface area contributed by atoms with Crippen LogP contribution in [0, 0.1) is 20.8 Å². The Kier molecular flexibility index (Phi) is 6.32. The van der Waals surface area contributed by atoms with E-state index in [4.69, 9.17) is 9.47 Å². The molecule has 0 aliphatic heterocycles. The highest BCUT2D eigenvalue weighted by Gasteiger charge is 2.22. The zero-order valence-electron chi connectivity index (χ0n) is 14.7. The lowest BCUT2D eigenvalue weighted by Crippen LogP contribution is -2.26. The Morgan fingerprint density at radius 1 is 1.23 bits per heavy atom. The van der Waals surface area contributed by atoms with E-state index >= 15 is 0 Å². The number of anilines is 1. The largest absolute Gasteiger partial charge is 0.465 e. The molecule has 0 spiro atoms. The molecule has 10 heteroatoms. The van der Waals surface area contributed by atoms with Gasteiger partial charge in [0.15, 0.2) is 6.61 Å². The number of esters is 2. The molecule has 2 heterocycles. The van der Waals surface area contributed by atoms with E-state index in [2.05, 4.69) is 5.32 Å². The Hall–Kier alpha value is -2.46. The van der Waals surface area contributed by atoms with E-state index in [-0.39, 0.29) is 17.0 Å². The molecule has 0 radical (unpaired) electrons. The van der Waals surface area contributed by atoms with E-state index in [1.54, 1.807) is 19.2 Å². The maximum absolute atomic E-state index is 12.0. The molecule has 2 rings (SSSR count). The SMILES string of the molecule is COC(=O)c1c(NC(=O)COC(=O)Cn2c(C)csc2=O)sc(C)c1C. The van der Waals surface area contributed by atoms with Gasteiger partial charge in [0.25, 0.3) is 5.91 Å². The number of rotatable bonds is 6. The Morgan fingerprint density at radius 2 is 1.92 bits per heavy atom. The van der Waals surface area contributed by atoms with Gasteiger partial charge >= 0.3 is 16.8 Å². The van der Waals surface area contributed by atoms with E-state index in [1.807, 2.05) is 6.92 Å². The van der Waals surface area contributed by atoms with Crippen molar-refractivity contribution in [1.82, 2.24) is 4.57 Å². The van der Waals surface area contributed by atoms with Crippen LogP contribution in [0.1, 0.15) is 26.5 Å². The average molecular weight is 398 g/mol. The van der Waals surface area contributed by atoms with Crippen LogP contribution in [0.15, 0.2) is 10.2 Å². The van der Waals surface area contributed by atoms with Crippen molar-refractivity contribution >= 4 is 45.5 Å². The first-order chi connectivity index (χ1) is 12.2. The minimum Gasteiger partial charge on any atom is -0.465 e.